The first-order valence-corrected chi connectivity index (χ1v) is 6.83. The maximum Gasteiger partial charge on any atom is 0.268 e. The summed E-state index contributed by atoms with van der Waals surface area (Å²) in [6.07, 6.45) is 0.970. The molecule has 0 bridgehead atoms. The molecular formula is C13H20FN7O2. The van der Waals surface area contributed by atoms with E-state index in [1.807, 2.05) is 0 Å². The number of amides is 2. The number of nitrogens with one attached hydrogen (secondary N) is 2. The van der Waals surface area contributed by atoms with Crippen molar-refractivity contribution in [2.75, 3.05) is 18.9 Å². The molecule has 0 saturated carbocycles. The lowest BCUT2D eigenvalue weighted by Gasteiger charge is -2.17. The highest BCUT2D eigenvalue weighted by Crippen LogP contribution is 2.08. The number of carbonyl (C=O) groups is 2. The Morgan fingerprint density at radius 2 is 2.22 bits per heavy atom. The summed E-state index contributed by atoms with van der Waals surface area (Å²) in [6, 6.07) is 3.22. The number of likely N-dealkylation sites (N-methyl/N-ethyl adjacent to an activating group) is 1. The zero-order valence-electron chi connectivity index (χ0n) is 12.7. The quantitative estimate of drug-likeness (QED) is 0.198. The number of hydrogen-bond acceptors (Lipinski definition) is 7. The second kappa shape index (κ2) is 9.30. The van der Waals surface area contributed by atoms with Crippen LogP contribution in [-0.4, -0.2) is 47.3 Å². The van der Waals surface area contributed by atoms with Crippen LogP contribution in [0, 0.1) is 0 Å². The van der Waals surface area contributed by atoms with E-state index >= 15 is 0 Å². The van der Waals surface area contributed by atoms with Crippen LogP contribution >= 0.6 is 0 Å². The van der Waals surface area contributed by atoms with Crippen molar-refractivity contribution < 1.29 is 14.0 Å². The predicted octanol–water partition coefficient (Wildman–Crippen LogP) is -0.963. The average Bonchev–Trinajstić information content (AvgIpc) is 2.53. The Labute approximate surface area is 132 Å². The van der Waals surface area contributed by atoms with Crippen molar-refractivity contribution in [1.29, 1.82) is 0 Å². The second-order valence-electron chi connectivity index (χ2n) is 4.67. The van der Waals surface area contributed by atoms with Gasteiger partial charge in [-0.3, -0.25) is 9.59 Å². The lowest BCUT2D eigenvalue weighted by atomic mass is 10.1. The van der Waals surface area contributed by atoms with E-state index in [-0.39, 0.29) is 18.7 Å². The van der Waals surface area contributed by atoms with Crippen molar-refractivity contribution in [3.63, 3.8) is 0 Å². The third kappa shape index (κ3) is 6.70. The Morgan fingerprint density at radius 1 is 1.48 bits per heavy atom. The van der Waals surface area contributed by atoms with Crippen molar-refractivity contribution >= 4 is 18.1 Å². The van der Waals surface area contributed by atoms with Gasteiger partial charge in [-0.1, -0.05) is 0 Å². The van der Waals surface area contributed by atoms with E-state index in [4.69, 9.17) is 11.6 Å². The smallest absolute Gasteiger partial charge is 0.268 e. The molecule has 0 aliphatic rings. The fourth-order valence-corrected chi connectivity index (χ4v) is 1.69. The summed E-state index contributed by atoms with van der Waals surface area (Å²) in [5.41, 5.74) is 5.95. The molecule has 1 atom stereocenters. The summed E-state index contributed by atoms with van der Waals surface area (Å²) < 4.78 is 13.9. The molecule has 1 aromatic rings. The lowest BCUT2D eigenvalue weighted by Crippen LogP contribution is -2.35. The van der Waals surface area contributed by atoms with E-state index in [1.165, 1.54) is 13.2 Å². The average molecular weight is 325 g/mol. The van der Waals surface area contributed by atoms with Crippen LogP contribution in [0.4, 0.5) is 10.2 Å². The number of anilines is 1. The van der Waals surface area contributed by atoms with Crippen molar-refractivity contribution in [1.82, 2.24) is 20.5 Å². The molecule has 0 aliphatic heterocycles. The highest BCUT2D eigenvalue weighted by atomic mass is 19.1. The molecule has 0 spiro atoms. The van der Waals surface area contributed by atoms with E-state index < -0.39 is 12.1 Å². The van der Waals surface area contributed by atoms with Crippen LogP contribution in [0.25, 0.3) is 0 Å². The van der Waals surface area contributed by atoms with Gasteiger partial charge in [0.1, 0.15) is 11.9 Å². The van der Waals surface area contributed by atoms with Crippen molar-refractivity contribution in [3.8, 4) is 0 Å². The molecule has 9 nitrogen and oxygen atoms in total. The Hall–Kier alpha value is -2.75. The number of hydrogen-bond donors (Lipinski definition) is 4. The van der Waals surface area contributed by atoms with Crippen molar-refractivity contribution in [2.45, 2.75) is 19.0 Å². The fraction of sp³-hybridized carbons (Fsp3) is 0.385. The molecular weight excluding hydrogens is 305 g/mol. The lowest BCUT2D eigenvalue weighted by molar-refractivity contribution is -0.117. The van der Waals surface area contributed by atoms with Crippen LogP contribution < -0.4 is 22.2 Å². The van der Waals surface area contributed by atoms with Crippen LogP contribution in [0.1, 0.15) is 12.1 Å². The minimum Gasteiger partial charge on any atom is -0.393 e. The van der Waals surface area contributed by atoms with Gasteiger partial charge < -0.3 is 21.4 Å². The minimum absolute atomic E-state index is 0.105. The molecule has 1 rings (SSSR count). The second-order valence-corrected chi connectivity index (χ2v) is 4.67. The molecule has 0 fully saturated rings. The van der Waals surface area contributed by atoms with Gasteiger partial charge in [0, 0.05) is 13.2 Å². The molecule has 0 saturated heterocycles. The molecule has 0 radical (unpaired) electrons. The number of halogens is 1. The molecule has 0 aliphatic carbocycles. The summed E-state index contributed by atoms with van der Waals surface area (Å²) in [4.78, 5) is 21.4. The Bertz CT molecular complexity index is 550. The third-order valence-electron chi connectivity index (χ3n) is 2.84. The summed E-state index contributed by atoms with van der Waals surface area (Å²) in [5.74, 6) is 5.41. The summed E-state index contributed by atoms with van der Waals surface area (Å²) in [6.45, 7) is -0.115. The topological polar surface area (TPSA) is 139 Å². The van der Waals surface area contributed by atoms with E-state index in [2.05, 4.69) is 20.8 Å². The molecule has 6 N–H and O–H groups in total. The van der Waals surface area contributed by atoms with Crippen LogP contribution in [-0.2, 0) is 16.0 Å². The Morgan fingerprint density at radius 3 is 2.78 bits per heavy atom. The van der Waals surface area contributed by atoms with Crippen molar-refractivity contribution in [2.24, 2.45) is 11.6 Å². The SMILES string of the molecule is CNC(=O)/C(N)=C/N(N)CC(F)CCc1ccc(NC=O)nn1. The first-order valence-electron chi connectivity index (χ1n) is 6.83. The first kappa shape index (κ1) is 18.3. The zero-order valence-corrected chi connectivity index (χ0v) is 12.7. The normalized spacial score (nSPS) is 12.4. The van der Waals surface area contributed by atoms with Gasteiger partial charge in [-0.2, -0.15) is 5.10 Å². The monoisotopic (exact) mass is 325 g/mol. The predicted molar refractivity (Wildman–Crippen MR) is 82.2 cm³/mol. The summed E-state index contributed by atoms with van der Waals surface area (Å²) in [7, 11) is 1.43. The van der Waals surface area contributed by atoms with Gasteiger partial charge in [0.05, 0.1) is 12.2 Å². The van der Waals surface area contributed by atoms with E-state index in [0.29, 0.717) is 24.3 Å². The van der Waals surface area contributed by atoms with Gasteiger partial charge in [0.25, 0.3) is 5.91 Å². The number of nitrogens with zero attached hydrogens (tertiary/aromatic N) is 3. The zero-order chi connectivity index (χ0) is 17.2. The molecule has 1 unspecified atom stereocenters. The highest BCUT2D eigenvalue weighted by molar-refractivity contribution is 5.91. The Kier molecular flexibility index (Phi) is 7.40. The minimum atomic E-state index is -1.23. The van der Waals surface area contributed by atoms with Crippen LogP contribution in [0.2, 0.25) is 0 Å². The first-order chi connectivity index (χ1) is 11.0. The van der Waals surface area contributed by atoms with Gasteiger partial charge in [0.2, 0.25) is 6.41 Å². The number of alkyl halides is 1. The van der Waals surface area contributed by atoms with Crippen LogP contribution in [0.5, 0.6) is 0 Å². The van der Waals surface area contributed by atoms with Gasteiger partial charge in [-0.05, 0) is 25.0 Å². The highest BCUT2D eigenvalue weighted by Gasteiger charge is 2.11. The number of aromatic nitrogens is 2. The van der Waals surface area contributed by atoms with Gasteiger partial charge in [-0.25, -0.2) is 10.2 Å². The summed E-state index contributed by atoms with van der Waals surface area (Å²) in [5, 5.41) is 13.3. The number of aryl methyl sites for hydroxylation is 1. The van der Waals surface area contributed by atoms with Gasteiger partial charge in [0.15, 0.2) is 5.82 Å². The molecule has 1 aromatic heterocycles. The van der Waals surface area contributed by atoms with E-state index in [1.54, 1.807) is 12.1 Å². The van der Waals surface area contributed by atoms with E-state index in [9.17, 15) is 14.0 Å². The molecule has 2 amide bonds. The van der Waals surface area contributed by atoms with Gasteiger partial charge in [-0.15, -0.1) is 5.10 Å². The van der Waals surface area contributed by atoms with Crippen LogP contribution in [0.15, 0.2) is 24.0 Å². The maximum absolute atomic E-state index is 13.9. The van der Waals surface area contributed by atoms with Gasteiger partial charge >= 0.3 is 0 Å². The number of nitrogens with two attached hydrogens (primary N) is 2. The molecule has 126 valence electrons. The molecule has 0 aromatic carbocycles. The summed E-state index contributed by atoms with van der Waals surface area (Å²) >= 11 is 0. The number of hydrazine groups is 1. The largest absolute Gasteiger partial charge is 0.393 e. The number of rotatable bonds is 9. The van der Waals surface area contributed by atoms with E-state index in [0.717, 1.165) is 5.01 Å². The van der Waals surface area contributed by atoms with Crippen LogP contribution in [0.3, 0.4) is 0 Å². The molecule has 1 heterocycles. The maximum atomic E-state index is 13.9. The number of carbonyl (C=O) groups excluding carboxylic acids is 2. The molecule has 10 heteroatoms. The Balaban J connectivity index is 2.42. The molecule has 23 heavy (non-hydrogen) atoms. The standard InChI is InChI=1S/C13H20FN7O2/c1-17-13(23)11(15)7-21(16)6-9(14)2-3-10-4-5-12(18-8-22)20-19-10/h4-5,7-9H,2-3,6,15-16H2,1H3,(H,17,23)(H,18,20,22)/b11-7-. The third-order valence-corrected chi connectivity index (χ3v) is 2.84. The van der Waals surface area contributed by atoms with Crippen molar-refractivity contribution in [3.05, 3.63) is 29.7 Å². The fourth-order valence-electron chi connectivity index (χ4n) is 1.69.